The van der Waals surface area contributed by atoms with E-state index in [2.05, 4.69) is 52.6 Å². The zero-order valence-corrected chi connectivity index (χ0v) is 35.1. The molecule has 0 amide bonds. The van der Waals surface area contributed by atoms with Crippen molar-refractivity contribution in [2.24, 2.45) is 0 Å². The summed E-state index contributed by atoms with van der Waals surface area (Å²) in [4.78, 5) is 19.2. The minimum Gasteiger partial charge on any atom is -0.497 e. The number of hydrogen-bond acceptors (Lipinski definition) is 13. The van der Waals surface area contributed by atoms with Gasteiger partial charge < -0.3 is 24.0 Å². The average molecular weight is 826 g/mol. The standard InChI is InChI=1S/C22H26N4O2S.C21H23ClN4OS/c1-27-19-8-6-17(7-9-19)10-11-25-12-14-26(15-13-25)22-23-21(24-29-22)18-4-3-5-20(16-18)28-2;1-27-19-8-2-16(3-9-19)10-11-25-12-14-26(15-13-25)21-23-20(24-28-21)17-4-6-18(22)7-5-17/h3-9,16H,10-15H2,1-2H3;2-9H,10-15H2,1H3. The number of halogens is 1. The van der Waals surface area contributed by atoms with E-state index >= 15 is 0 Å². The van der Waals surface area contributed by atoms with Gasteiger partial charge >= 0.3 is 0 Å². The smallest absolute Gasteiger partial charge is 0.205 e. The van der Waals surface area contributed by atoms with Crippen LogP contribution < -0.4 is 24.0 Å². The van der Waals surface area contributed by atoms with Crippen LogP contribution in [0.2, 0.25) is 5.02 Å². The third-order valence-electron chi connectivity index (χ3n) is 10.3. The van der Waals surface area contributed by atoms with Crippen molar-refractivity contribution in [2.75, 3.05) is 96.6 Å². The highest BCUT2D eigenvalue weighted by atomic mass is 35.5. The van der Waals surface area contributed by atoms with Gasteiger partial charge in [0.25, 0.3) is 0 Å². The van der Waals surface area contributed by atoms with Crippen molar-refractivity contribution >= 4 is 44.9 Å². The summed E-state index contributed by atoms with van der Waals surface area (Å²) in [6, 6.07) is 32.3. The molecule has 0 radical (unpaired) electrons. The number of ether oxygens (including phenoxy) is 3. The maximum atomic E-state index is 5.96. The summed E-state index contributed by atoms with van der Waals surface area (Å²) in [5.74, 6) is 4.19. The Morgan fingerprint density at radius 2 is 0.982 bits per heavy atom. The molecule has 11 nitrogen and oxygen atoms in total. The van der Waals surface area contributed by atoms with E-state index < -0.39 is 0 Å². The van der Waals surface area contributed by atoms with Crippen LogP contribution >= 0.6 is 34.7 Å². The van der Waals surface area contributed by atoms with Gasteiger partial charge in [-0.15, -0.1) is 0 Å². The number of hydrogen-bond donors (Lipinski definition) is 0. The Labute approximate surface area is 348 Å². The predicted molar refractivity (Wildman–Crippen MR) is 233 cm³/mol. The van der Waals surface area contributed by atoms with Gasteiger partial charge in [0.15, 0.2) is 11.6 Å². The summed E-state index contributed by atoms with van der Waals surface area (Å²) in [7, 11) is 5.07. The van der Waals surface area contributed by atoms with Crippen molar-refractivity contribution in [2.45, 2.75) is 12.8 Å². The van der Waals surface area contributed by atoms with E-state index in [0.717, 1.165) is 134 Å². The van der Waals surface area contributed by atoms with E-state index in [1.807, 2.05) is 72.8 Å². The first-order valence-electron chi connectivity index (χ1n) is 19.2. The van der Waals surface area contributed by atoms with Crippen molar-refractivity contribution in [3.8, 4) is 40.0 Å². The molecule has 8 rings (SSSR count). The molecule has 14 heteroatoms. The highest BCUT2D eigenvalue weighted by molar-refractivity contribution is 7.10. The Hall–Kier alpha value is -4.79. The fourth-order valence-corrected chi connectivity index (χ4v) is 8.37. The van der Waals surface area contributed by atoms with Crippen molar-refractivity contribution < 1.29 is 14.2 Å². The zero-order valence-electron chi connectivity index (χ0n) is 32.7. The minimum absolute atomic E-state index is 0.727. The third-order valence-corrected chi connectivity index (χ3v) is 12.1. The number of piperazine rings is 2. The quantitative estimate of drug-likeness (QED) is 0.114. The molecular weight excluding hydrogens is 776 g/mol. The Kier molecular flexibility index (Phi) is 14.2. The monoisotopic (exact) mass is 824 g/mol. The minimum atomic E-state index is 0.727. The lowest BCUT2D eigenvalue weighted by atomic mass is 10.1. The van der Waals surface area contributed by atoms with E-state index in [1.54, 1.807) is 21.3 Å². The van der Waals surface area contributed by atoms with E-state index in [1.165, 1.54) is 34.2 Å². The number of aromatic nitrogens is 4. The van der Waals surface area contributed by atoms with Gasteiger partial charge in [-0.25, -0.2) is 0 Å². The first-order valence-corrected chi connectivity index (χ1v) is 21.2. The van der Waals surface area contributed by atoms with Crippen LogP contribution in [0, 0.1) is 0 Å². The molecule has 4 heterocycles. The maximum absolute atomic E-state index is 5.96. The second-order valence-electron chi connectivity index (χ2n) is 13.9. The molecule has 0 bridgehead atoms. The van der Waals surface area contributed by atoms with Crippen LogP contribution in [-0.4, -0.2) is 115 Å². The second kappa shape index (κ2) is 20.1. The summed E-state index contributed by atoms with van der Waals surface area (Å²) >= 11 is 8.91. The molecule has 0 N–H and O–H groups in total. The summed E-state index contributed by atoms with van der Waals surface area (Å²) in [5, 5.41) is 2.72. The van der Waals surface area contributed by atoms with Crippen molar-refractivity contribution in [1.29, 1.82) is 0 Å². The van der Waals surface area contributed by atoms with Gasteiger partial charge in [0.05, 0.1) is 21.3 Å². The van der Waals surface area contributed by atoms with Crippen LogP contribution in [0.1, 0.15) is 11.1 Å². The molecule has 6 aromatic rings. The van der Waals surface area contributed by atoms with Crippen LogP contribution in [-0.2, 0) is 12.8 Å². The molecule has 0 spiro atoms. The molecule has 0 aliphatic carbocycles. The SMILES string of the molecule is COc1ccc(CCN2CCN(c3nc(-c4ccc(Cl)cc4)ns3)CC2)cc1.COc1ccc(CCN2CCN(c3nc(-c4cccc(OC)c4)ns3)CC2)cc1. The molecule has 4 aromatic carbocycles. The average Bonchev–Trinajstić information content (AvgIpc) is 3.98. The fourth-order valence-electron chi connectivity index (χ4n) is 6.77. The van der Waals surface area contributed by atoms with Gasteiger partial charge in [0.1, 0.15) is 17.2 Å². The summed E-state index contributed by atoms with van der Waals surface area (Å²) in [5.41, 5.74) is 4.69. The summed E-state index contributed by atoms with van der Waals surface area (Å²) in [6.45, 7) is 10.3. The highest BCUT2D eigenvalue weighted by Gasteiger charge is 2.22. The number of rotatable bonds is 13. The summed E-state index contributed by atoms with van der Waals surface area (Å²) < 4.78 is 24.8. The van der Waals surface area contributed by atoms with Crippen molar-refractivity contribution in [1.82, 2.24) is 28.5 Å². The Morgan fingerprint density at radius 1 is 0.526 bits per heavy atom. The third kappa shape index (κ3) is 11.2. The Bertz CT molecular complexity index is 2120. The molecule has 57 heavy (non-hydrogen) atoms. The lowest BCUT2D eigenvalue weighted by Crippen LogP contribution is -2.47. The molecule has 298 valence electrons. The number of anilines is 2. The lowest BCUT2D eigenvalue weighted by Gasteiger charge is -2.34. The normalized spacial score (nSPS) is 14.9. The van der Waals surface area contributed by atoms with Crippen LogP contribution in [0.15, 0.2) is 97.1 Å². The molecule has 2 aliphatic rings. The first-order chi connectivity index (χ1) is 28.0. The first kappa shape index (κ1) is 40.4. The molecule has 2 saturated heterocycles. The highest BCUT2D eigenvalue weighted by Crippen LogP contribution is 2.28. The number of benzene rings is 4. The van der Waals surface area contributed by atoms with Crippen LogP contribution in [0.5, 0.6) is 17.2 Å². The van der Waals surface area contributed by atoms with Gasteiger partial charge in [0.2, 0.25) is 10.3 Å². The van der Waals surface area contributed by atoms with Gasteiger partial charge in [-0.05, 0) is 84.6 Å². The predicted octanol–water partition coefficient (Wildman–Crippen LogP) is 7.82. The van der Waals surface area contributed by atoms with Crippen molar-refractivity contribution in [3.05, 3.63) is 113 Å². The molecule has 2 fully saturated rings. The largest absolute Gasteiger partial charge is 0.497 e. The van der Waals surface area contributed by atoms with E-state index in [9.17, 15) is 0 Å². The van der Waals surface area contributed by atoms with E-state index in [4.69, 9.17) is 35.8 Å². The summed E-state index contributed by atoms with van der Waals surface area (Å²) in [6.07, 6.45) is 2.12. The van der Waals surface area contributed by atoms with E-state index in [0.29, 0.717) is 0 Å². The van der Waals surface area contributed by atoms with Gasteiger partial charge in [-0.3, -0.25) is 9.80 Å². The molecule has 0 saturated carbocycles. The maximum Gasteiger partial charge on any atom is 0.205 e. The number of methoxy groups -OCH3 is 3. The molecule has 2 aliphatic heterocycles. The van der Waals surface area contributed by atoms with Crippen LogP contribution in [0.4, 0.5) is 10.3 Å². The van der Waals surface area contributed by atoms with Crippen LogP contribution in [0.3, 0.4) is 0 Å². The van der Waals surface area contributed by atoms with Gasteiger partial charge in [-0.2, -0.15) is 18.7 Å². The number of nitrogens with zero attached hydrogens (tertiary/aromatic N) is 8. The molecule has 0 unspecified atom stereocenters. The van der Waals surface area contributed by atoms with Gasteiger partial charge in [0, 0.05) is 105 Å². The second-order valence-corrected chi connectivity index (χ2v) is 15.8. The molecule has 0 atom stereocenters. The zero-order chi connectivity index (χ0) is 39.4. The Morgan fingerprint density at radius 3 is 1.44 bits per heavy atom. The fraction of sp³-hybridized carbons (Fsp3) is 0.349. The topological polar surface area (TPSA) is 92.2 Å². The molecule has 2 aromatic heterocycles. The van der Waals surface area contributed by atoms with Crippen molar-refractivity contribution in [3.63, 3.8) is 0 Å². The lowest BCUT2D eigenvalue weighted by molar-refractivity contribution is 0.261. The van der Waals surface area contributed by atoms with Crippen LogP contribution in [0.25, 0.3) is 22.8 Å². The van der Waals surface area contributed by atoms with E-state index in [-0.39, 0.29) is 0 Å². The molecular formula is C43H49ClN8O3S2. The Balaban J connectivity index is 0.000000174. The van der Waals surface area contributed by atoms with Gasteiger partial charge in [-0.1, -0.05) is 48.0 Å².